The number of aryl methyl sites for hydroxylation is 1. The molecule has 0 saturated heterocycles. The van der Waals surface area contributed by atoms with Gasteiger partial charge in [-0.3, -0.25) is 0 Å². The molecule has 0 spiro atoms. The zero-order valence-corrected chi connectivity index (χ0v) is 9.13. The van der Waals surface area contributed by atoms with Crippen LogP contribution in [-0.4, -0.2) is 11.0 Å². The maximum absolute atomic E-state index is 9.32. The first-order chi connectivity index (χ1) is 5.15. The Morgan fingerprint density at radius 1 is 1.82 bits per heavy atom. The average Bonchev–Trinajstić information content (AvgIpc) is 2.31. The Hall–Kier alpha value is 0.430. The number of hydrogen-bond donors (Lipinski definition) is 1. The summed E-state index contributed by atoms with van der Waals surface area (Å²) < 4.78 is 1.04. The van der Waals surface area contributed by atoms with Crippen molar-refractivity contribution in [1.29, 1.82) is 0 Å². The van der Waals surface area contributed by atoms with E-state index in [-0.39, 0.29) is 5.88 Å². The molecule has 0 saturated carbocycles. The highest BCUT2D eigenvalue weighted by Crippen LogP contribution is 2.30. The maximum Gasteiger partial charge on any atom is 0.102 e. The van der Waals surface area contributed by atoms with Crippen molar-refractivity contribution in [1.82, 2.24) is 0 Å². The van der Waals surface area contributed by atoms with Gasteiger partial charge in [0.15, 0.2) is 0 Å². The van der Waals surface area contributed by atoms with Gasteiger partial charge in [0.1, 0.15) is 6.10 Å². The van der Waals surface area contributed by atoms with Crippen molar-refractivity contribution >= 4 is 38.9 Å². The Bertz CT molecular complexity index is 229. The Labute approximate surface area is 83.1 Å². The van der Waals surface area contributed by atoms with Crippen LogP contribution in [-0.2, 0) is 0 Å². The van der Waals surface area contributed by atoms with E-state index < -0.39 is 6.10 Å². The Morgan fingerprint density at radius 3 is 2.82 bits per heavy atom. The second-order valence-electron chi connectivity index (χ2n) is 2.22. The largest absolute Gasteiger partial charge is 0.386 e. The van der Waals surface area contributed by atoms with Gasteiger partial charge in [0, 0.05) is 14.2 Å². The minimum atomic E-state index is -0.522. The van der Waals surface area contributed by atoms with Crippen molar-refractivity contribution in [3.05, 3.63) is 20.3 Å². The van der Waals surface area contributed by atoms with Crippen LogP contribution in [0.2, 0.25) is 0 Å². The van der Waals surface area contributed by atoms with E-state index >= 15 is 0 Å². The Morgan fingerprint density at radius 2 is 2.45 bits per heavy atom. The van der Waals surface area contributed by atoms with E-state index in [0.717, 1.165) is 9.35 Å². The number of rotatable bonds is 2. The third-order valence-corrected chi connectivity index (χ3v) is 3.88. The number of aliphatic hydroxyl groups excluding tert-OH is 1. The predicted octanol–water partition coefficient (Wildman–Crippen LogP) is 3.09. The molecule has 1 unspecified atom stereocenters. The minimum absolute atomic E-state index is 0.256. The summed E-state index contributed by atoms with van der Waals surface area (Å²) >= 11 is 10.4. The molecule has 1 rings (SSSR count). The third-order valence-electron chi connectivity index (χ3n) is 1.35. The van der Waals surface area contributed by atoms with Gasteiger partial charge in [0.25, 0.3) is 0 Å². The molecule has 0 bridgehead atoms. The highest BCUT2D eigenvalue weighted by atomic mass is 79.9. The third kappa shape index (κ3) is 2.18. The second-order valence-corrected chi connectivity index (χ2v) is 4.67. The number of alkyl halides is 1. The summed E-state index contributed by atoms with van der Waals surface area (Å²) in [5, 5.41) is 9.32. The number of aliphatic hydroxyl groups is 1. The van der Waals surface area contributed by atoms with E-state index in [9.17, 15) is 5.11 Å². The smallest absolute Gasteiger partial charge is 0.102 e. The van der Waals surface area contributed by atoms with E-state index in [1.54, 1.807) is 11.3 Å². The van der Waals surface area contributed by atoms with Gasteiger partial charge < -0.3 is 5.11 Å². The molecule has 0 fully saturated rings. The first kappa shape index (κ1) is 9.52. The van der Waals surface area contributed by atoms with Crippen molar-refractivity contribution in [3.8, 4) is 0 Å². The fraction of sp³-hybridized carbons (Fsp3) is 0.429. The van der Waals surface area contributed by atoms with Crippen molar-refractivity contribution in [2.45, 2.75) is 13.0 Å². The molecule has 1 aromatic rings. The molecule has 0 amide bonds. The van der Waals surface area contributed by atoms with Crippen LogP contribution in [0.25, 0.3) is 0 Å². The Kier molecular flexibility index (Phi) is 3.37. The first-order valence-electron chi connectivity index (χ1n) is 3.15. The topological polar surface area (TPSA) is 20.2 Å². The lowest BCUT2D eigenvalue weighted by Crippen LogP contribution is -1.93. The van der Waals surface area contributed by atoms with Crippen LogP contribution in [0.3, 0.4) is 0 Å². The van der Waals surface area contributed by atoms with Crippen molar-refractivity contribution in [3.63, 3.8) is 0 Å². The molecule has 0 aromatic carbocycles. The highest BCUT2D eigenvalue weighted by Gasteiger charge is 2.10. The SMILES string of the molecule is Cc1sc(C(O)CCl)cc1Br. The normalized spacial score (nSPS) is 13.5. The molecule has 1 N–H and O–H groups in total. The van der Waals surface area contributed by atoms with Crippen molar-refractivity contribution < 1.29 is 5.11 Å². The van der Waals surface area contributed by atoms with Crippen LogP contribution in [0.1, 0.15) is 15.9 Å². The lowest BCUT2D eigenvalue weighted by atomic mass is 10.3. The lowest BCUT2D eigenvalue weighted by molar-refractivity contribution is 0.206. The fourth-order valence-electron chi connectivity index (χ4n) is 0.722. The summed E-state index contributed by atoms with van der Waals surface area (Å²) in [6.07, 6.45) is -0.522. The summed E-state index contributed by atoms with van der Waals surface area (Å²) in [7, 11) is 0. The van der Waals surface area contributed by atoms with Gasteiger partial charge in [-0.25, -0.2) is 0 Å². The van der Waals surface area contributed by atoms with Gasteiger partial charge in [-0.15, -0.1) is 22.9 Å². The molecule has 1 atom stereocenters. The van der Waals surface area contributed by atoms with Gasteiger partial charge in [0.2, 0.25) is 0 Å². The summed E-state index contributed by atoms with van der Waals surface area (Å²) in [6.45, 7) is 2.00. The number of halogens is 2. The van der Waals surface area contributed by atoms with Gasteiger partial charge in [-0.05, 0) is 28.9 Å². The van der Waals surface area contributed by atoms with Crippen LogP contribution in [0.5, 0.6) is 0 Å². The standard InChI is InChI=1S/C7H8BrClOS/c1-4-5(8)2-7(11-4)6(10)3-9/h2,6,10H,3H2,1H3. The number of hydrogen-bond acceptors (Lipinski definition) is 2. The van der Waals surface area contributed by atoms with Crippen molar-refractivity contribution in [2.75, 3.05) is 5.88 Å². The van der Waals surface area contributed by atoms with Crippen LogP contribution in [0, 0.1) is 6.92 Å². The van der Waals surface area contributed by atoms with Crippen LogP contribution in [0.4, 0.5) is 0 Å². The summed E-state index contributed by atoms with van der Waals surface area (Å²) in [4.78, 5) is 2.09. The van der Waals surface area contributed by atoms with E-state index in [0.29, 0.717) is 0 Å². The molecule has 0 aliphatic carbocycles. The van der Waals surface area contributed by atoms with Crippen LogP contribution in [0.15, 0.2) is 10.5 Å². The van der Waals surface area contributed by atoms with E-state index in [4.69, 9.17) is 11.6 Å². The molecule has 1 aromatic heterocycles. The predicted molar refractivity (Wildman–Crippen MR) is 52.4 cm³/mol. The fourth-order valence-corrected chi connectivity index (χ4v) is 2.53. The minimum Gasteiger partial charge on any atom is -0.386 e. The van der Waals surface area contributed by atoms with Gasteiger partial charge in [0.05, 0.1) is 5.88 Å². The summed E-state index contributed by atoms with van der Waals surface area (Å²) in [6, 6.07) is 1.91. The molecule has 11 heavy (non-hydrogen) atoms. The molecule has 0 aliphatic heterocycles. The van der Waals surface area contributed by atoms with Gasteiger partial charge >= 0.3 is 0 Å². The van der Waals surface area contributed by atoms with Crippen LogP contribution < -0.4 is 0 Å². The molecular weight excluding hydrogens is 247 g/mol. The van der Waals surface area contributed by atoms with E-state index in [1.807, 2.05) is 13.0 Å². The molecular formula is C7H8BrClOS. The van der Waals surface area contributed by atoms with E-state index in [2.05, 4.69) is 15.9 Å². The molecule has 4 heteroatoms. The van der Waals surface area contributed by atoms with Crippen LogP contribution >= 0.6 is 38.9 Å². The van der Waals surface area contributed by atoms with Gasteiger partial charge in [-0.2, -0.15) is 0 Å². The quantitative estimate of drug-likeness (QED) is 0.805. The molecule has 0 radical (unpaired) electrons. The lowest BCUT2D eigenvalue weighted by Gasteiger charge is -2.00. The van der Waals surface area contributed by atoms with Gasteiger partial charge in [-0.1, -0.05) is 0 Å². The summed E-state index contributed by atoms with van der Waals surface area (Å²) in [5.41, 5.74) is 0. The average molecular weight is 256 g/mol. The molecule has 62 valence electrons. The maximum atomic E-state index is 9.32. The Balaban J connectivity index is 2.88. The highest BCUT2D eigenvalue weighted by molar-refractivity contribution is 9.10. The monoisotopic (exact) mass is 254 g/mol. The zero-order valence-electron chi connectivity index (χ0n) is 5.97. The van der Waals surface area contributed by atoms with E-state index in [1.165, 1.54) is 4.88 Å². The summed E-state index contributed by atoms with van der Waals surface area (Å²) in [5.74, 6) is 0.256. The molecule has 1 heterocycles. The first-order valence-corrected chi connectivity index (χ1v) is 5.29. The molecule has 0 aliphatic rings. The number of thiophene rings is 1. The van der Waals surface area contributed by atoms with Crippen molar-refractivity contribution in [2.24, 2.45) is 0 Å². The molecule has 1 nitrogen and oxygen atoms in total. The second kappa shape index (κ2) is 3.90. The zero-order chi connectivity index (χ0) is 8.43.